The second-order valence-corrected chi connectivity index (χ2v) is 5.61. The van der Waals surface area contributed by atoms with Crippen LogP contribution in [0.4, 0.5) is 5.69 Å². The molecule has 2 rings (SSSR count). The molecule has 1 aliphatic rings. The fourth-order valence-corrected chi connectivity index (χ4v) is 3.23. The third-order valence-corrected chi connectivity index (χ3v) is 4.42. The number of rotatable bonds is 4. The van der Waals surface area contributed by atoms with Crippen LogP contribution in [0, 0.1) is 0 Å². The second-order valence-electron chi connectivity index (χ2n) is 4.10. The summed E-state index contributed by atoms with van der Waals surface area (Å²) in [5.74, 6) is 1.04. The molecule has 17 heavy (non-hydrogen) atoms. The maximum atomic E-state index is 6.13. The Kier molecular flexibility index (Phi) is 4.98. The van der Waals surface area contributed by atoms with Crippen molar-refractivity contribution in [2.75, 3.05) is 44.2 Å². The van der Waals surface area contributed by atoms with E-state index in [4.69, 9.17) is 17.3 Å². The molecule has 1 aromatic rings. The van der Waals surface area contributed by atoms with Gasteiger partial charge in [-0.05, 0) is 12.1 Å². The number of nitrogens with one attached hydrogen (secondary N) is 1. The number of nitrogens with two attached hydrogens (primary N) is 1. The molecule has 1 saturated heterocycles. The van der Waals surface area contributed by atoms with Gasteiger partial charge >= 0.3 is 0 Å². The Bertz CT molecular complexity index is 347. The van der Waals surface area contributed by atoms with Crippen LogP contribution in [0.2, 0.25) is 5.02 Å². The monoisotopic (exact) mass is 271 g/mol. The lowest BCUT2D eigenvalue weighted by atomic mass is 10.3. The SMILES string of the molecule is Nc1cccc(Cl)c1SCCN1CCNCC1. The van der Waals surface area contributed by atoms with E-state index in [-0.39, 0.29) is 0 Å². The zero-order chi connectivity index (χ0) is 12.1. The van der Waals surface area contributed by atoms with Crippen LogP contribution in [0.1, 0.15) is 0 Å². The van der Waals surface area contributed by atoms with Gasteiger partial charge < -0.3 is 11.1 Å². The lowest BCUT2D eigenvalue weighted by molar-refractivity contribution is 0.255. The zero-order valence-electron chi connectivity index (χ0n) is 9.79. The number of nitrogen functional groups attached to an aromatic ring is 1. The standard InChI is InChI=1S/C12H18ClN3S/c13-10-2-1-3-11(14)12(10)17-9-8-16-6-4-15-5-7-16/h1-3,15H,4-9,14H2. The van der Waals surface area contributed by atoms with Gasteiger partial charge in [0.25, 0.3) is 0 Å². The molecule has 0 amide bonds. The molecule has 1 fully saturated rings. The minimum absolute atomic E-state index is 0.760. The topological polar surface area (TPSA) is 41.3 Å². The summed E-state index contributed by atoms with van der Waals surface area (Å²) in [6, 6.07) is 5.68. The molecule has 1 aromatic carbocycles. The van der Waals surface area contributed by atoms with Crippen LogP contribution in [0.5, 0.6) is 0 Å². The van der Waals surface area contributed by atoms with E-state index in [0.717, 1.165) is 54.1 Å². The van der Waals surface area contributed by atoms with Crippen LogP contribution < -0.4 is 11.1 Å². The summed E-state index contributed by atoms with van der Waals surface area (Å²) in [6.07, 6.45) is 0. The van der Waals surface area contributed by atoms with Crippen LogP contribution in [-0.2, 0) is 0 Å². The van der Waals surface area contributed by atoms with E-state index in [1.54, 1.807) is 11.8 Å². The average Bonchev–Trinajstić information content (AvgIpc) is 2.34. The van der Waals surface area contributed by atoms with Crippen molar-refractivity contribution in [3.05, 3.63) is 23.2 Å². The number of nitrogens with zero attached hydrogens (tertiary/aromatic N) is 1. The highest BCUT2D eigenvalue weighted by Crippen LogP contribution is 2.32. The Morgan fingerprint density at radius 3 is 2.82 bits per heavy atom. The van der Waals surface area contributed by atoms with Crippen LogP contribution >= 0.6 is 23.4 Å². The fraction of sp³-hybridized carbons (Fsp3) is 0.500. The number of thioether (sulfide) groups is 1. The van der Waals surface area contributed by atoms with Crippen molar-refractivity contribution in [3.8, 4) is 0 Å². The first-order valence-electron chi connectivity index (χ1n) is 5.87. The predicted molar refractivity (Wildman–Crippen MR) is 75.9 cm³/mol. The Labute approximate surface area is 112 Å². The van der Waals surface area contributed by atoms with Crippen LogP contribution in [-0.4, -0.2) is 43.4 Å². The molecule has 5 heteroatoms. The molecule has 1 aliphatic heterocycles. The summed E-state index contributed by atoms with van der Waals surface area (Å²) in [6.45, 7) is 5.56. The summed E-state index contributed by atoms with van der Waals surface area (Å²) in [5, 5.41) is 4.11. The van der Waals surface area contributed by atoms with Gasteiger partial charge in [0.2, 0.25) is 0 Å². The summed E-state index contributed by atoms with van der Waals surface area (Å²) in [4.78, 5) is 3.49. The molecule has 0 bridgehead atoms. The quantitative estimate of drug-likeness (QED) is 0.649. The lowest BCUT2D eigenvalue weighted by Gasteiger charge is -2.26. The van der Waals surface area contributed by atoms with E-state index in [2.05, 4.69) is 10.2 Å². The normalized spacial score (nSPS) is 17.2. The molecule has 0 radical (unpaired) electrons. The first-order chi connectivity index (χ1) is 8.27. The maximum Gasteiger partial charge on any atom is 0.0562 e. The maximum absolute atomic E-state index is 6.13. The summed E-state index contributed by atoms with van der Waals surface area (Å²) < 4.78 is 0. The zero-order valence-corrected chi connectivity index (χ0v) is 11.4. The molecule has 0 aromatic heterocycles. The summed E-state index contributed by atoms with van der Waals surface area (Å²) >= 11 is 7.87. The predicted octanol–water partition coefficient (Wildman–Crippen LogP) is 1.92. The van der Waals surface area contributed by atoms with Gasteiger partial charge in [-0.15, -0.1) is 11.8 Å². The number of hydrogen-bond acceptors (Lipinski definition) is 4. The van der Waals surface area contributed by atoms with E-state index < -0.39 is 0 Å². The first kappa shape index (κ1) is 13.0. The molecule has 0 unspecified atom stereocenters. The lowest BCUT2D eigenvalue weighted by Crippen LogP contribution is -2.44. The molecular formula is C12H18ClN3S. The van der Waals surface area contributed by atoms with Gasteiger partial charge in [-0.25, -0.2) is 0 Å². The molecule has 0 saturated carbocycles. The van der Waals surface area contributed by atoms with Crippen LogP contribution in [0.3, 0.4) is 0 Å². The number of benzene rings is 1. The molecule has 94 valence electrons. The fourth-order valence-electron chi connectivity index (χ4n) is 1.89. The minimum Gasteiger partial charge on any atom is -0.398 e. The molecule has 0 aliphatic carbocycles. The molecule has 0 atom stereocenters. The van der Waals surface area contributed by atoms with Gasteiger partial charge in [0.1, 0.15) is 0 Å². The molecule has 0 spiro atoms. The third-order valence-electron chi connectivity index (χ3n) is 2.86. The van der Waals surface area contributed by atoms with E-state index in [0.29, 0.717) is 0 Å². The molecular weight excluding hydrogens is 254 g/mol. The highest BCUT2D eigenvalue weighted by molar-refractivity contribution is 7.99. The van der Waals surface area contributed by atoms with Gasteiger partial charge in [0, 0.05) is 49.1 Å². The van der Waals surface area contributed by atoms with Gasteiger partial charge in [-0.2, -0.15) is 0 Å². The van der Waals surface area contributed by atoms with Crippen molar-refractivity contribution in [2.24, 2.45) is 0 Å². The number of hydrogen-bond donors (Lipinski definition) is 2. The Balaban J connectivity index is 1.81. The van der Waals surface area contributed by atoms with Gasteiger partial charge in [0.05, 0.1) is 5.02 Å². The van der Waals surface area contributed by atoms with Crippen LogP contribution in [0.25, 0.3) is 0 Å². The molecule has 1 heterocycles. The number of piperazine rings is 1. The van der Waals surface area contributed by atoms with Crippen molar-refractivity contribution in [3.63, 3.8) is 0 Å². The van der Waals surface area contributed by atoms with E-state index in [9.17, 15) is 0 Å². The Hall–Kier alpha value is -0.420. The van der Waals surface area contributed by atoms with E-state index in [1.165, 1.54) is 0 Å². The largest absolute Gasteiger partial charge is 0.398 e. The van der Waals surface area contributed by atoms with Crippen molar-refractivity contribution >= 4 is 29.1 Å². The molecule has 3 nitrogen and oxygen atoms in total. The third kappa shape index (κ3) is 3.78. The van der Waals surface area contributed by atoms with Crippen molar-refractivity contribution in [2.45, 2.75) is 4.90 Å². The summed E-state index contributed by atoms with van der Waals surface area (Å²) in [5.41, 5.74) is 6.69. The highest BCUT2D eigenvalue weighted by Gasteiger charge is 2.10. The highest BCUT2D eigenvalue weighted by atomic mass is 35.5. The smallest absolute Gasteiger partial charge is 0.0562 e. The van der Waals surface area contributed by atoms with Crippen LogP contribution in [0.15, 0.2) is 23.1 Å². The summed E-state index contributed by atoms with van der Waals surface area (Å²) in [7, 11) is 0. The Morgan fingerprint density at radius 1 is 1.35 bits per heavy atom. The Morgan fingerprint density at radius 2 is 2.12 bits per heavy atom. The van der Waals surface area contributed by atoms with Crippen molar-refractivity contribution in [1.29, 1.82) is 0 Å². The van der Waals surface area contributed by atoms with E-state index in [1.807, 2.05) is 18.2 Å². The van der Waals surface area contributed by atoms with E-state index >= 15 is 0 Å². The van der Waals surface area contributed by atoms with Gasteiger partial charge in [-0.3, -0.25) is 4.90 Å². The average molecular weight is 272 g/mol. The van der Waals surface area contributed by atoms with Crippen molar-refractivity contribution in [1.82, 2.24) is 10.2 Å². The minimum atomic E-state index is 0.760. The van der Waals surface area contributed by atoms with Gasteiger partial charge in [-0.1, -0.05) is 17.7 Å². The second kappa shape index (κ2) is 6.50. The number of halogens is 1. The number of anilines is 1. The molecule has 3 N–H and O–H groups in total. The van der Waals surface area contributed by atoms with Gasteiger partial charge in [0.15, 0.2) is 0 Å². The van der Waals surface area contributed by atoms with Crippen molar-refractivity contribution < 1.29 is 0 Å². The first-order valence-corrected chi connectivity index (χ1v) is 7.23.